The van der Waals surface area contributed by atoms with Crippen molar-refractivity contribution in [1.82, 2.24) is 34.4 Å². The number of aromatic amines is 1. The summed E-state index contributed by atoms with van der Waals surface area (Å²) in [5, 5.41) is 11.2. The van der Waals surface area contributed by atoms with E-state index in [1.165, 1.54) is 48.2 Å². The third-order valence-electron chi connectivity index (χ3n) is 8.15. The highest BCUT2D eigenvalue weighted by Gasteiger charge is 2.32. The summed E-state index contributed by atoms with van der Waals surface area (Å²) in [5.74, 6) is 0.422. The molecule has 236 valence electrons. The van der Waals surface area contributed by atoms with Crippen molar-refractivity contribution >= 4 is 38.5 Å². The third kappa shape index (κ3) is 6.31. The number of benzene rings is 1. The predicted molar refractivity (Wildman–Crippen MR) is 163 cm³/mol. The Labute approximate surface area is 259 Å². The molecule has 2 saturated heterocycles. The van der Waals surface area contributed by atoms with Gasteiger partial charge in [0.2, 0.25) is 21.8 Å². The Morgan fingerprint density at radius 2 is 1.96 bits per heavy atom. The molecule has 2 aliphatic heterocycles. The van der Waals surface area contributed by atoms with E-state index in [4.69, 9.17) is 9.47 Å². The molecule has 2 N–H and O–H groups in total. The predicted octanol–water partition coefficient (Wildman–Crippen LogP) is 3.76. The molecule has 5 heterocycles. The smallest absolute Gasteiger partial charge is 0.245 e. The number of piperidine rings is 2. The van der Waals surface area contributed by atoms with Crippen molar-refractivity contribution in [3.05, 3.63) is 67.0 Å². The summed E-state index contributed by atoms with van der Waals surface area (Å²) in [6, 6.07) is 7.41. The van der Waals surface area contributed by atoms with Crippen molar-refractivity contribution in [3.63, 3.8) is 0 Å². The van der Waals surface area contributed by atoms with Crippen LogP contribution < -0.4 is 14.8 Å². The maximum Gasteiger partial charge on any atom is 0.245 e. The van der Waals surface area contributed by atoms with Gasteiger partial charge in [-0.05, 0) is 50.0 Å². The van der Waals surface area contributed by atoms with Crippen LogP contribution in [-0.2, 0) is 14.8 Å². The van der Waals surface area contributed by atoms with Crippen molar-refractivity contribution in [2.24, 2.45) is 0 Å². The maximum absolute atomic E-state index is 15.4. The number of carbonyl (C=O) groups excluding carboxylic acids is 1. The monoisotopic (exact) mass is 636 g/mol. The highest BCUT2D eigenvalue weighted by molar-refractivity contribution is 7.89. The lowest BCUT2D eigenvalue weighted by Gasteiger charge is -2.32. The number of carbonyl (C=O) groups is 1. The zero-order valence-corrected chi connectivity index (χ0v) is 25.5. The molecule has 0 spiro atoms. The van der Waals surface area contributed by atoms with Gasteiger partial charge in [-0.1, -0.05) is 6.58 Å². The number of nitrogens with one attached hydrogen (secondary N) is 2. The number of nitrogens with zero attached hydrogens (tertiary/aromatic N) is 6. The minimum Gasteiger partial charge on any atom is -0.489 e. The Balaban J connectivity index is 1.14. The first-order valence-electron chi connectivity index (χ1n) is 14.6. The molecule has 6 rings (SSSR count). The molecular weight excluding hydrogens is 603 g/mol. The van der Waals surface area contributed by atoms with Gasteiger partial charge in [-0.3, -0.25) is 9.89 Å². The lowest BCUT2D eigenvalue weighted by Crippen LogP contribution is -2.44. The molecule has 0 aliphatic carbocycles. The first kappa shape index (κ1) is 30.4. The van der Waals surface area contributed by atoms with E-state index in [2.05, 4.69) is 37.0 Å². The molecule has 4 aromatic rings. The van der Waals surface area contributed by atoms with Gasteiger partial charge in [-0.2, -0.15) is 9.40 Å². The molecule has 2 aliphatic rings. The lowest BCUT2D eigenvalue weighted by atomic mass is 9.92. The molecule has 2 fully saturated rings. The van der Waals surface area contributed by atoms with Crippen LogP contribution in [0, 0.1) is 5.82 Å². The third-order valence-corrected chi connectivity index (χ3v) is 10.00. The lowest BCUT2D eigenvalue weighted by molar-refractivity contribution is -0.127. The number of hydrogen-bond donors (Lipinski definition) is 2. The molecular formula is C30H33FN8O5S. The average molecular weight is 637 g/mol. The average Bonchev–Trinajstić information content (AvgIpc) is 3.51. The van der Waals surface area contributed by atoms with E-state index < -0.39 is 21.9 Å². The fourth-order valence-corrected chi connectivity index (χ4v) is 7.23. The van der Waals surface area contributed by atoms with E-state index in [0.29, 0.717) is 68.0 Å². The Bertz CT molecular complexity index is 1810. The van der Waals surface area contributed by atoms with Gasteiger partial charge in [0.05, 0.1) is 36.6 Å². The second kappa shape index (κ2) is 12.8. The molecule has 1 atom stereocenters. The molecule has 13 nitrogen and oxygen atoms in total. The van der Waals surface area contributed by atoms with Gasteiger partial charge >= 0.3 is 0 Å². The minimum absolute atomic E-state index is 0.0679. The van der Waals surface area contributed by atoms with Crippen molar-refractivity contribution in [2.45, 2.75) is 42.6 Å². The number of anilines is 2. The number of likely N-dealkylation sites (tertiary alicyclic amines) is 1. The Morgan fingerprint density at radius 3 is 2.67 bits per heavy atom. The molecule has 0 radical (unpaired) electrons. The summed E-state index contributed by atoms with van der Waals surface area (Å²) in [7, 11) is -2.33. The van der Waals surface area contributed by atoms with E-state index in [9.17, 15) is 13.2 Å². The number of amides is 1. The van der Waals surface area contributed by atoms with Gasteiger partial charge in [-0.25, -0.2) is 27.8 Å². The van der Waals surface area contributed by atoms with Crippen molar-refractivity contribution < 1.29 is 27.1 Å². The number of halogens is 1. The topological polar surface area (TPSA) is 156 Å². The number of sulfonamides is 1. The first-order chi connectivity index (χ1) is 21.8. The van der Waals surface area contributed by atoms with Gasteiger partial charge in [0, 0.05) is 37.7 Å². The second-order valence-electron chi connectivity index (χ2n) is 10.9. The highest BCUT2D eigenvalue weighted by Crippen LogP contribution is 2.35. The van der Waals surface area contributed by atoms with Crippen LogP contribution in [0.2, 0.25) is 0 Å². The number of H-pyrrole nitrogens is 1. The quantitative estimate of drug-likeness (QED) is 0.260. The summed E-state index contributed by atoms with van der Waals surface area (Å²) in [4.78, 5) is 26.5. The second-order valence-corrected chi connectivity index (χ2v) is 12.8. The van der Waals surface area contributed by atoms with Gasteiger partial charge in [-0.15, -0.1) is 0 Å². The van der Waals surface area contributed by atoms with Crippen molar-refractivity contribution in [1.29, 1.82) is 0 Å². The summed E-state index contributed by atoms with van der Waals surface area (Å²) in [6.45, 7) is 5.20. The van der Waals surface area contributed by atoms with E-state index in [1.54, 1.807) is 17.0 Å². The largest absolute Gasteiger partial charge is 0.489 e. The zero-order chi connectivity index (χ0) is 31.6. The Morgan fingerprint density at radius 1 is 1.13 bits per heavy atom. The number of methoxy groups -OCH3 is 1. The van der Waals surface area contributed by atoms with E-state index in [0.717, 1.165) is 5.69 Å². The fourth-order valence-electron chi connectivity index (χ4n) is 5.77. The molecule has 0 bridgehead atoms. The molecule has 0 saturated carbocycles. The SMILES string of the molecule is C=CC(=O)N1CCC(c2n[nH]c3ncnc(Nc4ccc(OC5CCCN(S(=O)(=O)c6ccc(OC)nc6)C5)cc4F)c23)CC1. The Kier molecular flexibility index (Phi) is 8.63. The van der Waals surface area contributed by atoms with E-state index in [1.807, 2.05) is 0 Å². The summed E-state index contributed by atoms with van der Waals surface area (Å²) >= 11 is 0. The highest BCUT2D eigenvalue weighted by atomic mass is 32.2. The molecule has 15 heteroatoms. The van der Waals surface area contributed by atoms with Crippen LogP contribution in [0.25, 0.3) is 11.0 Å². The molecule has 1 aromatic carbocycles. The first-order valence-corrected chi connectivity index (χ1v) is 16.0. The number of rotatable bonds is 9. The van der Waals surface area contributed by atoms with E-state index >= 15 is 4.39 Å². The van der Waals surface area contributed by atoms with Crippen LogP contribution in [0.4, 0.5) is 15.9 Å². The van der Waals surface area contributed by atoms with Gasteiger partial charge < -0.3 is 19.7 Å². The minimum atomic E-state index is -3.78. The van der Waals surface area contributed by atoms with Crippen LogP contribution >= 0.6 is 0 Å². The van der Waals surface area contributed by atoms with Crippen LogP contribution in [-0.4, -0.2) is 88.1 Å². The number of aromatic nitrogens is 5. The van der Waals surface area contributed by atoms with Crippen molar-refractivity contribution in [2.75, 3.05) is 38.6 Å². The van der Waals surface area contributed by atoms with Gasteiger partial charge in [0.15, 0.2) is 5.65 Å². The van der Waals surface area contributed by atoms with Gasteiger partial charge in [0.25, 0.3) is 0 Å². The van der Waals surface area contributed by atoms with E-state index in [-0.39, 0.29) is 34.7 Å². The van der Waals surface area contributed by atoms with Crippen LogP contribution in [0.3, 0.4) is 0 Å². The molecule has 3 aromatic heterocycles. The van der Waals surface area contributed by atoms with Crippen LogP contribution in [0.5, 0.6) is 11.6 Å². The summed E-state index contributed by atoms with van der Waals surface area (Å²) in [5.41, 5.74) is 1.47. The van der Waals surface area contributed by atoms with Crippen LogP contribution in [0.15, 0.2) is 60.4 Å². The standard InChI is InChI=1S/C30H33FN8O5S/c1-3-26(40)38-13-10-19(11-14-38)28-27-29(33-18-34-30(27)37-36-28)35-24-8-6-20(15-23(24)31)44-21-5-4-12-39(17-21)45(41,42)22-7-9-25(43-2)32-16-22/h3,6-9,15-16,18-19,21H,1,4-5,10-14,17H2,2H3,(H2,33,34,35,36,37). The number of hydrogen-bond acceptors (Lipinski definition) is 10. The molecule has 1 unspecified atom stereocenters. The number of ether oxygens (including phenoxy) is 2. The fraction of sp³-hybridized carbons (Fsp3) is 0.367. The van der Waals surface area contributed by atoms with Crippen molar-refractivity contribution in [3.8, 4) is 11.6 Å². The number of pyridine rings is 1. The van der Waals surface area contributed by atoms with Crippen LogP contribution in [0.1, 0.15) is 37.3 Å². The normalized spacial score (nSPS) is 18.1. The maximum atomic E-state index is 15.4. The Hall–Kier alpha value is -4.63. The number of fused-ring (bicyclic) bond motifs is 1. The summed E-state index contributed by atoms with van der Waals surface area (Å²) < 4.78 is 54.2. The van der Waals surface area contributed by atoms with Gasteiger partial charge in [0.1, 0.15) is 34.7 Å². The summed E-state index contributed by atoms with van der Waals surface area (Å²) in [6.07, 6.45) is 6.15. The molecule has 45 heavy (non-hydrogen) atoms. The zero-order valence-electron chi connectivity index (χ0n) is 24.6. The molecule has 1 amide bonds.